The number of azide groups is 1. The first kappa shape index (κ1) is 8.38. The van der Waals surface area contributed by atoms with Gasteiger partial charge in [0.1, 0.15) is 0 Å². The minimum atomic E-state index is 0.0922. The first-order chi connectivity index (χ1) is 7.38. The van der Waals surface area contributed by atoms with Gasteiger partial charge in [0.05, 0.1) is 6.04 Å². The van der Waals surface area contributed by atoms with Crippen LogP contribution < -0.4 is 0 Å². The summed E-state index contributed by atoms with van der Waals surface area (Å²) in [6, 6.07) is 10.6. The Kier molecular flexibility index (Phi) is 1.70. The number of rotatable bonds is 1. The molecular weight excluding hydrogens is 188 g/mol. The molecule has 0 spiro atoms. The Morgan fingerprint density at radius 3 is 3.13 bits per heavy atom. The summed E-state index contributed by atoms with van der Waals surface area (Å²) in [4.78, 5) is 2.87. The van der Waals surface area contributed by atoms with Crippen molar-refractivity contribution in [3.05, 3.63) is 46.5 Å². The van der Waals surface area contributed by atoms with Gasteiger partial charge in [-0.25, -0.2) is 0 Å². The van der Waals surface area contributed by atoms with Crippen LogP contribution in [0.3, 0.4) is 0 Å². The predicted octanol–water partition coefficient (Wildman–Crippen LogP) is 2.88. The third-order valence-electron chi connectivity index (χ3n) is 2.95. The predicted molar refractivity (Wildman–Crippen MR) is 58.6 cm³/mol. The van der Waals surface area contributed by atoms with Crippen LogP contribution in [0.2, 0.25) is 0 Å². The number of nitrogens with zero attached hydrogens (tertiary/aromatic N) is 4. The molecule has 0 fully saturated rings. The minimum absolute atomic E-state index is 0.0922. The molecule has 1 atom stereocenters. The van der Waals surface area contributed by atoms with E-state index in [0.717, 1.165) is 13.0 Å². The Morgan fingerprint density at radius 2 is 2.27 bits per heavy atom. The number of hydrogen-bond donors (Lipinski definition) is 0. The Balaban J connectivity index is 2.12. The Labute approximate surface area is 86.8 Å². The highest BCUT2D eigenvalue weighted by Gasteiger charge is 2.21. The van der Waals surface area contributed by atoms with Gasteiger partial charge in [-0.3, -0.25) is 0 Å². The second-order valence-electron chi connectivity index (χ2n) is 3.87. The second kappa shape index (κ2) is 3.04. The summed E-state index contributed by atoms with van der Waals surface area (Å²) in [5.74, 6) is 0. The van der Waals surface area contributed by atoms with E-state index in [0.29, 0.717) is 0 Å². The van der Waals surface area contributed by atoms with Crippen LogP contribution >= 0.6 is 0 Å². The van der Waals surface area contributed by atoms with Crippen molar-refractivity contribution >= 4 is 10.9 Å². The fourth-order valence-electron chi connectivity index (χ4n) is 2.32. The van der Waals surface area contributed by atoms with E-state index < -0.39 is 0 Å². The van der Waals surface area contributed by atoms with Crippen molar-refractivity contribution in [3.8, 4) is 0 Å². The van der Waals surface area contributed by atoms with Gasteiger partial charge in [-0.15, -0.1) is 0 Å². The van der Waals surface area contributed by atoms with Crippen molar-refractivity contribution in [2.75, 3.05) is 0 Å². The van der Waals surface area contributed by atoms with Crippen LogP contribution in [0.25, 0.3) is 21.3 Å². The summed E-state index contributed by atoms with van der Waals surface area (Å²) in [6.45, 7) is 0.812. The molecule has 0 amide bonds. The molecule has 0 N–H and O–H groups in total. The Morgan fingerprint density at radius 1 is 1.40 bits per heavy atom. The van der Waals surface area contributed by atoms with Crippen LogP contribution in [0.1, 0.15) is 5.69 Å². The number of fused-ring (bicyclic) bond motifs is 3. The third kappa shape index (κ3) is 1.19. The summed E-state index contributed by atoms with van der Waals surface area (Å²) in [7, 11) is 0. The lowest BCUT2D eigenvalue weighted by Crippen LogP contribution is -2.04. The Hall–Kier alpha value is -1.93. The van der Waals surface area contributed by atoms with Crippen molar-refractivity contribution in [3.63, 3.8) is 0 Å². The molecule has 1 unspecified atom stereocenters. The topological polar surface area (TPSA) is 53.7 Å². The van der Waals surface area contributed by atoms with E-state index >= 15 is 0 Å². The molecule has 0 aliphatic carbocycles. The van der Waals surface area contributed by atoms with Crippen molar-refractivity contribution in [1.29, 1.82) is 0 Å². The monoisotopic (exact) mass is 198 g/mol. The summed E-state index contributed by atoms with van der Waals surface area (Å²) in [5.41, 5.74) is 10.9. The van der Waals surface area contributed by atoms with Gasteiger partial charge < -0.3 is 4.57 Å². The molecule has 1 aromatic heterocycles. The largest absolute Gasteiger partial charge is 0.344 e. The first-order valence-corrected chi connectivity index (χ1v) is 5.00. The molecule has 0 saturated heterocycles. The number of aromatic nitrogens is 1. The fourth-order valence-corrected chi connectivity index (χ4v) is 2.32. The standard InChI is InChI=1S/C11H10N4/c12-14-13-9-6-10-5-8-3-1-2-4-11(8)15(10)7-9/h1-5,9H,6-7H2. The molecule has 15 heavy (non-hydrogen) atoms. The number of hydrogen-bond acceptors (Lipinski definition) is 1. The molecule has 4 heteroatoms. The molecule has 3 rings (SSSR count). The lowest BCUT2D eigenvalue weighted by atomic mass is 10.2. The van der Waals surface area contributed by atoms with Crippen molar-refractivity contribution in [2.24, 2.45) is 5.11 Å². The number of benzene rings is 1. The maximum atomic E-state index is 8.41. The molecule has 1 aromatic carbocycles. The lowest BCUT2D eigenvalue weighted by Gasteiger charge is -2.01. The van der Waals surface area contributed by atoms with Crippen LogP contribution in [0.15, 0.2) is 35.4 Å². The average molecular weight is 198 g/mol. The summed E-state index contributed by atoms with van der Waals surface area (Å²) >= 11 is 0. The van der Waals surface area contributed by atoms with E-state index in [4.69, 9.17) is 5.53 Å². The number of para-hydroxylation sites is 1. The van der Waals surface area contributed by atoms with Gasteiger partial charge >= 0.3 is 0 Å². The van der Waals surface area contributed by atoms with Crippen LogP contribution in [0.5, 0.6) is 0 Å². The van der Waals surface area contributed by atoms with Crippen LogP contribution in [-0.2, 0) is 13.0 Å². The van der Waals surface area contributed by atoms with Gasteiger partial charge in [0.15, 0.2) is 0 Å². The highest BCUT2D eigenvalue weighted by atomic mass is 15.2. The van der Waals surface area contributed by atoms with Gasteiger partial charge in [-0.05, 0) is 29.5 Å². The average Bonchev–Trinajstić information content (AvgIpc) is 2.75. The fraction of sp³-hybridized carbons (Fsp3) is 0.273. The van der Waals surface area contributed by atoms with E-state index in [2.05, 4.69) is 32.8 Å². The molecular formula is C11H10N4. The normalized spacial score (nSPS) is 18.8. The van der Waals surface area contributed by atoms with Crippen LogP contribution in [0, 0.1) is 0 Å². The van der Waals surface area contributed by atoms with E-state index in [1.54, 1.807) is 0 Å². The quantitative estimate of drug-likeness (QED) is 0.384. The third-order valence-corrected chi connectivity index (χ3v) is 2.95. The maximum Gasteiger partial charge on any atom is 0.0608 e. The van der Waals surface area contributed by atoms with E-state index in [-0.39, 0.29) is 6.04 Å². The van der Waals surface area contributed by atoms with E-state index in [9.17, 15) is 0 Å². The van der Waals surface area contributed by atoms with Gasteiger partial charge in [0.25, 0.3) is 0 Å². The second-order valence-corrected chi connectivity index (χ2v) is 3.87. The van der Waals surface area contributed by atoms with Gasteiger partial charge in [0, 0.05) is 22.7 Å². The van der Waals surface area contributed by atoms with E-state index in [1.807, 2.05) is 12.1 Å². The zero-order valence-electron chi connectivity index (χ0n) is 8.17. The molecule has 0 bridgehead atoms. The highest BCUT2D eigenvalue weighted by Crippen LogP contribution is 2.27. The lowest BCUT2D eigenvalue weighted by molar-refractivity contribution is 0.648. The van der Waals surface area contributed by atoms with Crippen molar-refractivity contribution in [2.45, 2.75) is 19.0 Å². The molecule has 4 nitrogen and oxygen atoms in total. The smallest absolute Gasteiger partial charge is 0.0608 e. The molecule has 0 radical (unpaired) electrons. The molecule has 2 aromatic rings. The SMILES string of the molecule is [N-]=[N+]=NC1Cc2cc3ccccc3n2C1. The molecule has 74 valence electrons. The zero-order valence-corrected chi connectivity index (χ0v) is 8.17. The zero-order chi connectivity index (χ0) is 10.3. The maximum absolute atomic E-state index is 8.41. The highest BCUT2D eigenvalue weighted by molar-refractivity contribution is 5.81. The molecule has 0 saturated carbocycles. The minimum Gasteiger partial charge on any atom is -0.344 e. The van der Waals surface area contributed by atoms with Crippen molar-refractivity contribution < 1.29 is 0 Å². The summed E-state index contributed by atoms with van der Waals surface area (Å²) in [6.07, 6.45) is 0.860. The molecule has 1 aliphatic heterocycles. The van der Waals surface area contributed by atoms with Crippen molar-refractivity contribution in [1.82, 2.24) is 4.57 Å². The molecule has 1 aliphatic rings. The summed E-state index contributed by atoms with van der Waals surface area (Å²) in [5, 5.41) is 5.05. The van der Waals surface area contributed by atoms with Crippen LogP contribution in [0.4, 0.5) is 0 Å². The van der Waals surface area contributed by atoms with Gasteiger partial charge in [-0.1, -0.05) is 23.3 Å². The van der Waals surface area contributed by atoms with Crippen LogP contribution in [-0.4, -0.2) is 10.6 Å². The van der Waals surface area contributed by atoms with Gasteiger partial charge in [0.2, 0.25) is 0 Å². The summed E-state index contributed by atoms with van der Waals surface area (Å²) < 4.78 is 2.24. The van der Waals surface area contributed by atoms with Gasteiger partial charge in [-0.2, -0.15) is 0 Å². The van der Waals surface area contributed by atoms with E-state index in [1.165, 1.54) is 16.6 Å². The molecule has 2 heterocycles. The Bertz CT molecular complexity index is 563. The first-order valence-electron chi connectivity index (χ1n) is 5.00.